The molecule has 2 aliphatic rings. The van der Waals surface area contributed by atoms with E-state index in [2.05, 4.69) is 0 Å². The number of esters is 2. The molecule has 0 aromatic rings. The van der Waals surface area contributed by atoms with Gasteiger partial charge in [-0.25, -0.2) is 0 Å². The van der Waals surface area contributed by atoms with Gasteiger partial charge in [-0.3, -0.25) is 9.59 Å². The second-order valence-electron chi connectivity index (χ2n) is 4.72. The summed E-state index contributed by atoms with van der Waals surface area (Å²) >= 11 is 0. The van der Waals surface area contributed by atoms with Crippen molar-refractivity contribution in [2.24, 2.45) is 11.8 Å². The molecule has 0 N–H and O–H groups in total. The average molecular weight is 242 g/mol. The van der Waals surface area contributed by atoms with Gasteiger partial charge < -0.3 is 14.2 Å². The second kappa shape index (κ2) is 5.04. The standard InChI is InChI=1S/C12H18O5/c1-7(13)15-5-9-10(6-16-8(2)14)12-4-3-11(9)17-12/h9-12H,3-6H2,1-2H3/t9-,10+,11+,12-. The van der Waals surface area contributed by atoms with Crippen molar-refractivity contribution in [2.75, 3.05) is 13.2 Å². The second-order valence-corrected chi connectivity index (χ2v) is 4.72. The zero-order valence-electron chi connectivity index (χ0n) is 10.2. The molecule has 17 heavy (non-hydrogen) atoms. The van der Waals surface area contributed by atoms with Gasteiger partial charge in [0.15, 0.2) is 0 Å². The van der Waals surface area contributed by atoms with Crippen molar-refractivity contribution in [3.63, 3.8) is 0 Å². The van der Waals surface area contributed by atoms with Gasteiger partial charge in [0.2, 0.25) is 0 Å². The highest BCUT2D eigenvalue weighted by molar-refractivity contribution is 5.66. The predicted molar refractivity (Wildman–Crippen MR) is 58.1 cm³/mol. The molecule has 2 bridgehead atoms. The number of carbonyl (C=O) groups excluding carboxylic acids is 2. The van der Waals surface area contributed by atoms with Crippen LogP contribution in [0.2, 0.25) is 0 Å². The number of fused-ring (bicyclic) bond motifs is 2. The van der Waals surface area contributed by atoms with Gasteiger partial charge in [-0.2, -0.15) is 0 Å². The number of carbonyl (C=O) groups is 2. The molecule has 0 aliphatic carbocycles. The minimum atomic E-state index is -0.279. The Morgan fingerprint density at radius 2 is 1.41 bits per heavy atom. The molecule has 5 heteroatoms. The molecular formula is C12H18O5. The number of hydrogen-bond donors (Lipinski definition) is 0. The molecule has 2 saturated heterocycles. The fourth-order valence-electron chi connectivity index (χ4n) is 2.76. The van der Waals surface area contributed by atoms with E-state index in [1.807, 2.05) is 0 Å². The summed E-state index contributed by atoms with van der Waals surface area (Å²) in [6.07, 6.45) is 2.32. The third-order valence-corrected chi connectivity index (χ3v) is 3.55. The van der Waals surface area contributed by atoms with Crippen LogP contribution in [0.1, 0.15) is 26.7 Å². The average Bonchev–Trinajstić information content (AvgIpc) is 2.83. The summed E-state index contributed by atoms with van der Waals surface area (Å²) in [4.78, 5) is 21.7. The van der Waals surface area contributed by atoms with E-state index in [1.54, 1.807) is 0 Å². The molecule has 0 spiro atoms. The van der Waals surface area contributed by atoms with E-state index in [4.69, 9.17) is 14.2 Å². The summed E-state index contributed by atoms with van der Waals surface area (Å²) in [7, 11) is 0. The van der Waals surface area contributed by atoms with E-state index < -0.39 is 0 Å². The maximum Gasteiger partial charge on any atom is 0.302 e. The van der Waals surface area contributed by atoms with Crippen LogP contribution in [-0.4, -0.2) is 37.4 Å². The zero-order chi connectivity index (χ0) is 12.4. The third kappa shape index (κ3) is 2.77. The van der Waals surface area contributed by atoms with E-state index in [0.29, 0.717) is 13.2 Å². The van der Waals surface area contributed by atoms with Gasteiger partial charge in [0.05, 0.1) is 25.4 Å². The Balaban J connectivity index is 1.91. The quantitative estimate of drug-likeness (QED) is 0.686. The van der Waals surface area contributed by atoms with Crippen molar-refractivity contribution in [3.8, 4) is 0 Å². The lowest BCUT2D eigenvalue weighted by Gasteiger charge is -2.26. The van der Waals surface area contributed by atoms with Crippen molar-refractivity contribution in [1.29, 1.82) is 0 Å². The van der Waals surface area contributed by atoms with Gasteiger partial charge in [-0.1, -0.05) is 0 Å². The molecule has 0 aromatic heterocycles. The van der Waals surface area contributed by atoms with Crippen molar-refractivity contribution < 1.29 is 23.8 Å². The Morgan fingerprint density at radius 1 is 1.00 bits per heavy atom. The minimum Gasteiger partial charge on any atom is -0.465 e. The first-order valence-electron chi connectivity index (χ1n) is 6.00. The summed E-state index contributed by atoms with van der Waals surface area (Å²) in [5.41, 5.74) is 0. The van der Waals surface area contributed by atoms with Crippen molar-refractivity contribution >= 4 is 11.9 Å². The lowest BCUT2D eigenvalue weighted by atomic mass is 9.80. The first-order chi connectivity index (χ1) is 8.08. The van der Waals surface area contributed by atoms with Crippen LogP contribution in [0, 0.1) is 11.8 Å². The maximum absolute atomic E-state index is 10.8. The maximum atomic E-state index is 10.8. The molecule has 0 radical (unpaired) electrons. The van der Waals surface area contributed by atoms with E-state index in [1.165, 1.54) is 13.8 Å². The summed E-state index contributed by atoms with van der Waals surface area (Å²) in [6.45, 7) is 3.52. The van der Waals surface area contributed by atoms with Crippen LogP contribution in [0.5, 0.6) is 0 Å². The lowest BCUT2D eigenvalue weighted by molar-refractivity contribution is -0.147. The normalized spacial score (nSPS) is 34.7. The molecule has 2 rings (SSSR count). The van der Waals surface area contributed by atoms with Crippen LogP contribution in [0.4, 0.5) is 0 Å². The van der Waals surface area contributed by atoms with Crippen LogP contribution in [0.15, 0.2) is 0 Å². The Labute approximate surface area is 100 Å². The van der Waals surface area contributed by atoms with Gasteiger partial charge in [-0.15, -0.1) is 0 Å². The molecule has 0 amide bonds. The SMILES string of the molecule is CC(=O)OC[C@@H]1[C@H](COC(C)=O)[C@H]2CC[C@@H]1O2. The van der Waals surface area contributed by atoms with Gasteiger partial charge in [0, 0.05) is 25.7 Å². The molecule has 0 aromatic carbocycles. The molecular weight excluding hydrogens is 224 g/mol. The predicted octanol–water partition coefficient (Wildman–Crippen LogP) is 0.906. The fraction of sp³-hybridized carbons (Fsp3) is 0.833. The molecule has 96 valence electrons. The van der Waals surface area contributed by atoms with Crippen LogP contribution < -0.4 is 0 Å². The minimum absolute atomic E-state index is 0.153. The third-order valence-electron chi connectivity index (χ3n) is 3.55. The molecule has 2 fully saturated rings. The van der Waals surface area contributed by atoms with Crippen molar-refractivity contribution in [3.05, 3.63) is 0 Å². The first kappa shape index (κ1) is 12.4. The number of rotatable bonds is 4. The Hall–Kier alpha value is -1.10. The molecule has 5 nitrogen and oxygen atoms in total. The lowest BCUT2D eigenvalue weighted by Crippen LogP contribution is -2.34. The number of hydrogen-bond acceptors (Lipinski definition) is 5. The van der Waals surface area contributed by atoms with E-state index in [9.17, 15) is 9.59 Å². The molecule has 2 aliphatic heterocycles. The van der Waals surface area contributed by atoms with Crippen molar-refractivity contribution in [1.82, 2.24) is 0 Å². The first-order valence-corrected chi connectivity index (χ1v) is 6.00. The number of ether oxygens (including phenoxy) is 3. The Morgan fingerprint density at radius 3 is 1.76 bits per heavy atom. The van der Waals surface area contributed by atoms with Gasteiger partial charge >= 0.3 is 11.9 Å². The highest BCUT2D eigenvalue weighted by Crippen LogP contribution is 2.43. The van der Waals surface area contributed by atoms with E-state index >= 15 is 0 Å². The summed E-state index contributed by atoms with van der Waals surface area (Å²) in [5, 5.41) is 0. The monoisotopic (exact) mass is 242 g/mol. The zero-order valence-corrected chi connectivity index (χ0v) is 10.2. The summed E-state index contributed by atoms with van der Waals surface area (Å²) in [5.74, 6) is -0.230. The summed E-state index contributed by atoms with van der Waals surface area (Å²) < 4.78 is 15.9. The highest BCUT2D eigenvalue weighted by atomic mass is 16.6. The Bertz CT molecular complexity index is 284. The molecule has 4 atom stereocenters. The van der Waals surface area contributed by atoms with Crippen LogP contribution in [-0.2, 0) is 23.8 Å². The van der Waals surface area contributed by atoms with E-state index in [-0.39, 0.29) is 36.0 Å². The highest BCUT2D eigenvalue weighted by Gasteiger charge is 2.49. The van der Waals surface area contributed by atoms with Crippen LogP contribution in [0.25, 0.3) is 0 Å². The topological polar surface area (TPSA) is 61.8 Å². The van der Waals surface area contributed by atoms with Crippen LogP contribution in [0.3, 0.4) is 0 Å². The van der Waals surface area contributed by atoms with Crippen LogP contribution >= 0.6 is 0 Å². The van der Waals surface area contributed by atoms with Gasteiger partial charge in [0.25, 0.3) is 0 Å². The smallest absolute Gasteiger partial charge is 0.302 e. The molecule has 2 heterocycles. The van der Waals surface area contributed by atoms with E-state index in [0.717, 1.165) is 12.8 Å². The largest absolute Gasteiger partial charge is 0.465 e. The molecule has 0 saturated carbocycles. The van der Waals surface area contributed by atoms with Gasteiger partial charge in [-0.05, 0) is 12.8 Å². The summed E-state index contributed by atoms with van der Waals surface area (Å²) in [6, 6.07) is 0. The van der Waals surface area contributed by atoms with Crippen molar-refractivity contribution in [2.45, 2.75) is 38.9 Å². The van der Waals surface area contributed by atoms with Gasteiger partial charge in [0.1, 0.15) is 0 Å². The fourth-order valence-corrected chi connectivity index (χ4v) is 2.76. The Kier molecular flexibility index (Phi) is 3.66. The molecule has 0 unspecified atom stereocenters.